The van der Waals surface area contributed by atoms with Crippen LogP contribution in [0.25, 0.3) is 10.2 Å². The first kappa shape index (κ1) is 19.9. The first-order valence-electron chi connectivity index (χ1n) is 8.20. The third-order valence-corrected chi connectivity index (χ3v) is 5.71. The first-order chi connectivity index (χ1) is 13.5. The minimum atomic E-state index is -0.490. The van der Waals surface area contributed by atoms with Crippen LogP contribution in [0.2, 0.25) is 0 Å². The largest absolute Gasteiger partial charge is 0.497 e. The molecule has 0 saturated carbocycles. The molecule has 146 valence electrons. The van der Waals surface area contributed by atoms with Crippen LogP contribution in [0.1, 0.15) is 6.42 Å². The van der Waals surface area contributed by atoms with Crippen molar-refractivity contribution < 1.29 is 19.2 Å². The number of hydrogen-bond acceptors (Lipinski definition) is 8. The minimum absolute atomic E-state index is 0.0817. The van der Waals surface area contributed by atoms with Crippen LogP contribution in [-0.4, -0.2) is 35.8 Å². The zero-order chi connectivity index (χ0) is 20.1. The Morgan fingerprint density at radius 3 is 2.64 bits per heavy atom. The van der Waals surface area contributed by atoms with E-state index in [1.165, 1.54) is 30.6 Å². The van der Waals surface area contributed by atoms with Gasteiger partial charge >= 0.3 is 0 Å². The van der Waals surface area contributed by atoms with Crippen molar-refractivity contribution in [3.05, 3.63) is 46.5 Å². The second kappa shape index (κ2) is 8.89. The van der Waals surface area contributed by atoms with Gasteiger partial charge in [0.1, 0.15) is 11.3 Å². The average Bonchev–Trinajstić information content (AvgIpc) is 3.09. The summed E-state index contributed by atoms with van der Waals surface area (Å²) in [5, 5.41) is 14.2. The molecule has 0 radical (unpaired) electrons. The second-order valence-corrected chi connectivity index (χ2v) is 7.79. The summed E-state index contributed by atoms with van der Waals surface area (Å²) in [5.41, 5.74) is 0.405. The molecule has 0 spiro atoms. The summed E-state index contributed by atoms with van der Waals surface area (Å²) in [4.78, 5) is 28.1. The molecule has 1 amide bonds. The highest BCUT2D eigenvalue weighted by Crippen LogP contribution is 2.36. The molecular formula is C18H17N3O5S2. The third kappa shape index (κ3) is 4.70. The highest BCUT2D eigenvalue weighted by atomic mass is 32.2. The van der Waals surface area contributed by atoms with Crippen LogP contribution in [-0.2, 0) is 4.79 Å². The molecule has 28 heavy (non-hydrogen) atoms. The number of methoxy groups -OCH3 is 2. The number of benzene rings is 2. The third-order valence-electron chi connectivity index (χ3n) is 3.78. The van der Waals surface area contributed by atoms with E-state index < -0.39 is 4.92 Å². The van der Waals surface area contributed by atoms with Gasteiger partial charge in [-0.2, -0.15) is 0 Å². The Morgan fingerprint density at radius 2 is 2.00 bits per heavy atom. The van der Waals surface area contributed by atoms with Gasteiger partial charge in [0, 0.05) is 23.1 Å². The van der Waals surface area contributed by atoms with Crippen LogP contribution in [0.5, 0.6) is 11.5 Å². The zero-order valence-corrected chi connectivity index (χ0v) is 16.8. The quantitative estimate of drug-likeness (QED) is 0.329. The van der Waals surface area contributed by atoms with Crippen molar-refractivity contribution in [2.24, 2.45) is 0 Å². The van der Waals surface area contributed by atoms with Gasteiger partial charge in [-0.25, -0.2) is 4.98 Å². The van der Waals surface area contributed by atoms with E-state index in [0.717, 1.165) is 10.6 Å². The lowest BCUT2D eigenvalue weighted by molar-refractivity contribution is -0.384. The Labute approximate surface area is 169 Å². The molecule has 0 fully saturated rings. The number of thiazole rings is 1. The number of hydrogen-bond donors (Lipinski definition) is 1. The van der Waals surface area contributed by atoms with Crippen molar-refractivity contribution in [3.8, 4) is 11.5 Å². The van der Waals surface area contributed by atoms with Gasteiger partial charge in [-0.1, -0.05) is 11.3 Å². The maximum absolute atomic E-state index is 12.2. The van der Waals surface area contributed by atoms with E-state index >= 15 is 0 Å². The second-order valence-electron chi connectivity index (χ2n) is 5.59. The van der Waals surface area contributed by atoms with Gasteiger partial charge < -0.3 is 14.8 Å². The summed E-state index contributed by atoms with van der Waals surface area (Å²) in [6, 6.07) is 10.4. The Bertz CT molecular complexity index is 1000. The van der Waals surface area contributed by atoms with E-state index in [1.807, 2.05) is 24.3 Å². The van der Waals surface area contributed by atoms with Crippen molar-refractivity contribution in [1.29, 1.82) is 0 Å². The number of anilines is 1. The molecular weight excluding hydrogens is 402 g/mol. The van der Waals surface area contributed by atoms with Gasteiger partial charge in [0.15, 0.2) is 10.9 Å². The number of rotatable bonds is 8. The van der Waals surface area contributed by atoms with E-state index in [2.05, 4.69) is 10.3 Å². The van der Waals surface area contributed by atoms with E-state index in [-0.39, 0.29) is 11.6 Å². The number of amides is 1. The maximum Gasteiger partial charge on any atom is 0.274 e. The van der Waals surface area contributed by atoms with Crippen LogP contribution in [0.4, 0.5) is 10.8 Å². The Balaban J connectivity index is 1.61. The molecule has 3 aromatic rings. The van der Waals surface area contributed by atoms with Gasteiger partial charge in [0.2, 0.25) is 5.91 Å². The molecule has 0 aliphatic heterocycles. The number of thioether (sulfide) groups is 1. The molecule has 0 aliphatic rings. The minimum Gasteiger partial charge on any atom is -0.497 e. The number of carbonyl (C=O) groups is 1. The summed E-state index contributed by atoms with van der Waals surface area (Å²) in [7, 11) is 3.04. The van der Waals surface area contributed by atoms with Crippen LogP contribution in [0.3, 0.4) is 0 Å². The molecule has 1 heterocycles. The van der Waals surface area contributed by atoms with Gasteiger partial charge in [0.25, 0.3) is 5.69 Å². The molecule has 0 aliphatic carbocycles. The zero-order valence-electron chi connectivity index (χ0n) is 15.1. The topological polar surface area (TPSA) is 104 Å². The first-order valence-corrected chi connectivity index (χ1v) is 10.00. The lowest BCUT2D eigenvalue weighted by Crippen LogP contribution is -2.11. The molecule has 3 rings (SSSR count). The lowest BCUT2D eigenvalue weighted by Gasteiger charge is -2.04. The van der Waals surface area contributed by atoms with Crippen molar-refractivity contribution in [2.45, 2.75) is 11.3 Å². The number of non-ortho nitro benzene ring substituents is 1. The van der Waals surface area contributed by atoms with Crippen molar-refractivity contribution >= 4 is 50.0 Å². The van der Waals surface area contributed by atoms with Crippen molar-refractivity contribution in [3.63, 3.8) is 0 Å². The Morgan fingerprint density at radius 1 is 1.25 bits per heavy atom. The standard InChI is InChI=1S/C18H17N3O5S2/c1-25-12-3-5-13(6-4-12)27-8-7-16(22)19-18-20-17-14(26-2)9-11(21(23)24)10-15(17)28-18/h3-6,9-10H,7-8H2,1-2H3,(H,19,20,22). The predicted molar refractivity (Wildman–Crippen MR) is 110 cm³/mol. The molecule has 0 atom stereocenters. The number of nitrogens with zero attached hydrogens (tertiary/aromatic N) is 2. The maximum atomic E-state index is 12.2. The number of nitrogens with one attached hydrogen (secondary N) is 1. The fourth-order valence-electron chi connectivity index (χ4n) is 2.41. The molecule has 2 aromatic carbocycles. The highest BCUT2D eigenvalue weighted by molar-refractivity contribution is 7.99. The number of ether oxygens (including phenoxy) is 2. The van der Waals surface area contributed by atoms with E-state index in [4.69, 9.17) is 9.47 Å². The molecule has 1 N–H and O–H groups in total. The summed E-state index contributed by atoms with van der Waals surface area (Å²) < 4.78 is 10.9. The number of fused-ring (bicyclic) bond motifs is 1. The SMILES string of the molecule is COc1ccc(SCCC(=O)Nc2nc3c(OC)cc([N+](=O)[O-])cc3s2)cc1. The van der Waals surface area contributed by atoms with Gasteiger partial charge in [-0.3, -0.25) is 14.9 Å². The van der Waals surface area contributed by atoms with Crippen LogP contribution in [0, 0.1) is 10.1 Å². The molecule has 0 bridgehead atoms. The van der Waals surface area contributed by atoms with E-state index in [1.54, 1.807) is 18.9 Å². The molecule has 8 nitrogen and oxygen atoms in total. The van der Waals surface area contributed by atoms with Gasteiger partial charge in [-0.05, 0) is 24.3 Å². The van der Waals surface area contributed by atoms with E-state index in [9.17, 15) is 14.9 Å². The monoisotopic (exact) mass is 419 g/mol. The number of aromatic nitrogens is 1. The highest BCUT2D eigenvalue weighted by Gasteiger charge is 2.17. The van der Waals surface area contributed by atoms with Gasteiger partial charge in [0.05, 0.1) is 29.9 Å². The molecule has 0 saturated heterocycles. The van der Waals surface area contributed by atoms with Crippen LogP contribution < -0.4 is 14.8 Å². The van der Waals surface area contributed by atoms with Crippen molar-refractivity contribution in [2.75, 3.05) is 25.3 Å². The van der Waals surface area contributed by atoms with Gasteiger partial charge in [-0.15, -0.1) is 11.8 Å². The Kier molecular flexibility index (Phi) is 6.32. The average molecular weight is 419 g/mol. The van der Waals surface area contributed by atoms with Crippen molar-refractivity contribution in [1.82, 2.24) is 4.98 Å². The lowest BCUT2D eigenvalue weighted by atomic mass is 10.3. The van der Waals surface area contributed by atoms with Crippen LogP contribution >= 0.6 is 23.1 Å². The normalized spacial score (nSPS) is 10.6. The molecule has 10 heteroatoms. The summed E-state index contributed by atoms with van der Waals surface area (Å²) >= 11 is 2.74. The summed E-state index contributed by atoms with van der Waals surface area (Å²) in [5.74, 6) is 1.52. The number of nitro benzene ring substituents is 1. The summed E-state index contributed by atoms with van der Waals surface area (Å²) in [6.07, 6.45) is 0.309. The fourth-order valence-corrected chi connectivity index (χ4v) is 4.20. The van der Waals surface area contributed by atoms with E-state index in [0.29, 0.717) is 33.3 Å². The fraction of sp³-hybridized carbons (Fsp3) is 0.222. The molecule has 1 aromatic heterocycles. The smallest absolute Gasteiger partial charge is 0.274 e. The molecule has 0 unspecified atom stereocenters. The Hall–Kier alpha value is -2.85. The number of carbonyl (C=O) groups excluding carboxylic acids is 1. The summed E-state index contributed by atoms with van der Waals surface area (Å²) in [6.45, 7) is 0. The van der Waals surface area contributed by atoms with Crippen LogP contribution in [0.15, 0.2) is 41.3 Å². The predicted octanol–water partition coefficient (Wildman–Crippen LogP) is 4.34. The number of nitro groups is 1.